The van der Waals surface area contributed by atoms with Gasteiger partial charge in [0.25, 0.3) is 0 Å². The molecule has 1 rings (SSSR count). The second kappa shape index (κ2) is 3.72. The van der Waals surface area contributed by atoms with Crippen molar-refractivity contribution in [2.24, 2.45) is 0 Å². The van der Waals surface area contributed by atoms with Crippen LogP contribution in [0.25, 0.3) is 0 Å². The van der Waals surface area contributed by atoms with Crippen molar-refractivity contribution in [2.75, 3.05) is 0 Å². The molecule has 0 heterocycles. The molecule has 0 aliphatic carbocycles. The van der Waals surface area contributed by atoms with Gasteiger partial charge < -0.3 is 5.11 Å². The standard InChI is InChI=1S/C10H7F3O/c1-2-9(14)7-4-3-5-8(6-7)10(11,12)13/h1,3-6,9,14H. The van der Waals surface area contributed by atoms with Crippen LogP contribution in [0.1, 0.15) is 17.2 Å². The maximum Gasteiger partial charge on any atom is 0.416 e. The molecule has 1 aromatic carbocycles. The third-order valence-corrected chi connectivity index (χ3v) is 1.69. The second-order valence-corrected chi connectivity index (χ2v) is 2.69. The summed E-state index contributed by atoms with van der Waals surface area (Å²) in [4.78, 5) is 0. The SMILES string of the molecule is C#CC(O)c1cccc(C(F)(F)F)c1. The van der Waals surface area contributed by atoms with E-state index in [2.05, 4.69) is 0 Å². The molecular formula is C10H7F3O. The van der Waals surface area contributed by atoms with Gasteiger partial charge in [-0.1, -0.05) is 18.1 Å². The molecule has 0 saturated carbocycles. The summed E-state index contributed by atoms with van der Waals surface area (Å²) in [5, 5.41) is 9.12. The van der Waals surface area contributed by atoms with E-state index in [1.165, 1.54) is 12.1 Å². The molecular weight excluding hydrogens is 193 g/mol. The van der Waals surface area contributed by atoms with Crippen LogP contribution in [0, 0.1) is 12.3 Å². The molecule has 14 heavy (non-hydrogen) atoms. The van der Waals surface area contributed by atoms with Gasteiger partial charge in [0, 0.05) is 0 Å². The zero-order valence-corrected chi connectivity index (χ0v) is 7.05. The van der Waals surface area contributed by atoms with Gasteiger partial charge in [-0.3, -0.25) is 0 Å². The van der Waals surface area contributed by atoms with Crippen LogP contribution in [-0.2, 0) is 6.18 Å². The van der Waals surface area contributed by atoms with E-state index in [1.807, 2.05) is 5.92 Å². The maximum absolute atomic E-state index is 12.2. The fourth-order valence-electron chi connectivity index (χ4n) is 0.981. The summed E-state index contributed by atoms with van der Waals surface area (Å²) in [6.45, 7) is 0. The Kier molecular flexibility index (Phi) is 2.82. The lowest BCUT2D eigenvalue weighted by atomic mass is 10.1. The van der Waals surface area contributed by atoms with Crippen LogP contribution in [-0.4, -0.2) is 5.11 Å². The molecule has 0 saturated heterocycles. The minimum atomic E-state index is -4.41. The van der Waals surface area contributed by atoms with E-state index in [-0.39, 0.29) is 5.56 Å². The van der Waals surface area contributed by atoms with Crippen LogP contribution < -0.4 is 0 Å². The summed E-state index contributed by atoms with van der Waals surface area (Å²) in [6, 6.07) is 4.32. The maximum atomic E-state index is 12.2. The van der Waals surface area contributed by atoms with Crippen LogP contribution in [0.3, 0.4) is 0 Å². The van der Waals surface area contributed by atoms with Crippen LogP contribution >= 0.6 is 0 Å². The number of terminal acetylenes is 1. The summed E-state index contributed by atoms with van der Waals surface area (Å²) in [7, 11) is 0. The Morgan fingerprint density at radius 2 is 2.00 bits per heavy atom. The second-order valence-electron chi connectivity index (χ2n) is 2.69. The molecule has 0 aromatic heterocycles. The van der Waals surface area contributed by atoms with Crippen LogP contribution in [0.5, 0.6) is 0 Å². The molecule has 1 aromatic rings. The monoisotopic (exact) mass is 200 g/mol. The van der Waals surface area contributed by atoms with Gasteiger partial charge in [0.15, 0.2) is 0 Å². The van der Waals surface area contributed by atoms with E-state index in [4.69, 9.17) is 11.5 Å². The molecule has 74 valence electrons. The Morgan fingerprint density at radius 3 is 2.50 bits per heavy atom. The molecule has 4 heteroatoms. The highest BCUT2D eigenvalue weighted by molar-refractivity contribution is 5.30. The highest BCUT2D eigenvalue weighted by Crippen LogP contribution is 2.30. The largest absolute Gasteiger partial charge is 0.416 e. The van der Waals surface area contributed by atoms with Crippen LogP contribution in [0.2, 0.25) is 0 Å². The van der Waals surface area contributed by atoms with Gasteiger partial charge in [-0.2, -0.15) is 13.2 Å². The van der Waals surface area contributed by atoms with Gasteiger partial charge in [0.05, 0.1) is 5.56 Å². The Bertz CT molecular complexity index is 362. The Hall–Kier alpha value is -1.47. The highest BCUT2D eigenvalue weighted by atomic mass is 19.4. The topological polar surface area (TPSA) is 20.2 Å². The summed E-state index contributed by atoms with van der Waals surface area (Å²) in [5.41, 5.74) is -0.744. The predicted molar refractivity (Wildman–Crippen MR) is 45.2 cm³/mol. The molecule has 0 fully saturated rings. The molecule has 0 bridgehead atoms. The van der Waals surface area contributed by atoms with Crippen molar-refractivity contribution in [1.29, 1.82) is 0 Å². The minimum absolute atomic E-state index is 0.0716. The lowest BCUT2D eigenvalue weighted by molar-refractivity contribution is -0.137. The molecule has 1 nitrogen and oxygen atoms in total. The van der Waals surface area contributed by atoms with Gasteiger partial charge in [-0.05, 0) is 17.7 Å². The number of hydrogen-bond donors (Lipinski definition) is 1. The molecule has 0 aliphatic heterocycles. The van der Waals surface area contributed by atoms with Crippen LogP contribution in [0.15, 0.2) is 24.3 Å². The fraction of sp³-hybridized carbons (Fsp3) is 0.200. The molecule has 0 aliphatic rings. The van der Waals surface area contributed by atoms with Crippen molar-refractivity contribution in [2.45, 2.75) is 12.3 Å². The lowest BCUT2D eigenvalue weighted by Gasteiger charge is -2.09. The molecule has 1 unspecified atom stereocenters. The van der Waals surface area contributed by atoms with E-state index in [0.29, 0.717) is 0 Å². The van der Waals surface area contributed by atoms with Crippen molar-refractivity contribution in [1.82, 2.24) is 0 Å². The van der Waals surface area contributed by atoms with E-state index in [0.717, 1.165) is 12.1 Å². The quantitative estimate of drug-likeness (QED) is 0.690. The number of hydrogen-bond acceptors (Lipinski definition) is 1. The molecule has 0 amide bonds. The first-order chi connectivity index (χ1) is 6.45. The lowest BCUT2D eigenvalue weighted by Crippen LogP contribution is -2.06. The predicted octanol–water partition coefficient (Wildman–Crippen LogP) is 2.37. The van der Waals surface area contributed by atoms with E-state index >= 15 is 0 Å². The number of aliphatic hydroxyl groups is 1. The molecule has 1 atom stereocenters. The van der Waals surface area contributed by atoms with Crippen molar-refractivity contribution in [3.8, 4) is 12.3 Å². The first kappa shape index (κ1) is 10.6. The van der Waals surface area contributed by atoms with Crippen LogP contribution in [0.4, 0.5) is 13.2 Å². The van der Waals surface area contributed by atoms with Gasteiger partial charge in [0.1, 0.15) is 6.10 Å². The Morgan fingerprint density at radius 1 is 1.36 bits per heavy atom. The van der Waals surface area contributed by atoms with Gasteiger partial charge >= 0.3 is 6.18 Å². The molecule has 0 radical (unpaired) electrons. The van der Waals surface area contributed by atoms with Crippen molar-refractivity contribution in [3.05, 3.63) is 35.4 Å². The third kappa shape index (κ3) is 2.27. The van der Waals surface area contributed by atoms with E-state index in [1.54, 1.807) is 0 Å². The first-order valence-electron chi connectivity index (χ1n) is 3.76. The van der Waals surface area contributed by atoms with Crippen molar-refractivity contribution in [3.63, 3.8) is 0 Å². The average Bonchev–Trinajstić information content (AvgIpc) is 2.15. The fourth-order valence-corrected chi connectivity index (χ4v) is 0.981. The number of aliphatic hydroxyl groups excluding tert-OH is 1. The molecule has 1 N–H and O–H groups in total. The van der Waals surface area contributed by atoms with Gasteiger partial charge in [-0.15, -0.1) is 6.42 Å². The Balaban J connectivity index is 3.09. The molecule has 0 spiro atoms. The summed E-state index contributed by atoms with van der Waals surface area (Å²) in [6.07, 6.45) is -0.825. The summed E-state index contributed by atoms with van der Waals surface area (Å²) < 4.78 is 36.6. The zero-order chi connectivity index (χ0) is 10.8. The van der Waals surface area contributed by atoms with E-state index < -0.39 is 17.8 Å². The Labute approximate surface area is 79.2 Å². The smallest absolute Gasteiger partial charge is 0.376 e. The zero-order valence-electron chi connectivity index (χ0n) is 7.05. The third-order valence-electron chi connectivity index (χ3n) is 1.69. The van der Waals surface area contributed by atoms with Crippen molar-refractivity contribution >= 4 is 0 Å². The minimum Gasteiger partial charge on any atom is -0.376 e. The summed E-state index contributed by atoms with van der Waals surface area (Å²) in [5.74, 6) is 1.95. The van der Waals surface area contributed by atoms with Gasteiger partial charge in [-0.25, -0.2) is 0 Å². The van der Waals surface area contributed by atoms with E-state index in [9.17, 15) is 13.2 Å². The first-order valence-corrected chi connectivity index (χ1v) is 3.76. The number of benzene rings is 1. The van der Waals surface area contributed by atoms with Gasteiger partial charge in [0.2, 0.25) is 0 Å². The number of rotatable bonds is 1. The summed E-state index contributed by atoms with van der Waals surface area (Å²) >= 11 is 0. The average molecular weight is 200 g/mol. The van der Waals surface area contributed by atoms with Crippen molar-refractivity contribution < 1.29 is 18.3 Å². The highest BCUT2D eigenvalue weighted by Gasteiger charge is 2.30. The number of alkyl halides is 3. The normalized spacial score (nSPS) is 13.4. The number of halogens is 3.